The molecule has 1 saturated heterocycles. The topological polar surface area (TPSA) is 49.8 Å². The normalized spacial score (nSPS) is 21.3. The lowest BCUT2D eigenvalue weighted by atomic mass is 10.1. The average molecular weight is 328 g/mol. The maximum atomic E-state index is 11.6. The fourth-order valence-corrected chi connectivity index (χ4v) is 2.91. The number of benzene rings is 1. The van der Waals surface area contributed by atoms with Crippen molar-refractivity contribution >= 4 is 21.9 Å². The minimum Gasteiger partial charge on any atom is -0.468 e. The first-order valence-electron chi connectivity index (χ1n) is 6.37. The monoisotopic (exact) mass is 327 g/mol. The second kappa shape index (κ2) is 6.50. The van der Waals surface area contributed by atoms with Gasteiger partial charge in [0.05, 0.1) is 13.2 Å². The molecule has 1 fully saturated rings. The van der Waals surface area contributed by atoms with Crippen molar-refractivity contribution in [2.45, 2.75) is 25.0 Å². The van der Waals surface area contributed by atoms with Gasteiger partial charge in [0, 0.05) is 11.0 Å². The summed E-state index contributed by atoms with van der Waals surface area (Å²) in [6.07, 6.45) is 1.17. The van der Waals surface area contributed by atoms with Crippen LogP contribution >= 0.6 is 15.9 Å². The number of carbonyl (C=O) groups excluding carboxylic acids is 1. The summed E-state index contributed by atoms with van der Waals surface area (Å²) in [5, 5.41) is 10.3. The van der Waals surface area contributed by atoms with E-state index in [0.29, 0.717) is 6.54 Å². The Kier molecular flexibility index (Phi) is 4.96. The van der Waals surface area contributed by atoms with Crippen molar-refractivity contribution in [1.29, 1.82) is 0 Å². The summed E-state index contributed by atoms with van der Waals surface area (Å²) in [5.74, 6) is -0.209. The third-order valence-electron chi connectivity index (χ3n) is 3.48. The van der Waals surface area contributed by atoms with Crippen LogP contribution in [0.15, 0.2) is 28.7 Å². The van der Waals surface area contributed by atoms with E-state index in [2.05, 4.69) is 15.9 Å². The van der Waals surface area contributed by atoms with Gasteiger partial charge in [0.25, 0.3) is 0 Å². The molecule has 1 aliphatic rings. The quantitative estimate of drug-likeness (QED) is 0.860. The van der Waals surface area contributed by atoms with Crippen molar-refractivity contribution < 1.29 is 14.6 Å². The second-order valence-electron chi connectivity index (χ2n) is 4.75. The van der Waals surface area contributed by atoms with Gasteiger partial charge < -0.3 is 9.84 Å². The summed E-state index contributed by atoms with van der Waals surface area (Å²) in [5.41, 5.74) is 0.852. The van der Waals surface area contributed by atoms with Crippen LogP contribution in [-0.4, -0.2) is 42.2 Å². The van der Waals surface area contributed by atoms with E-state index in [1.54, 1.807) is 0 Å². The minimum absolute atomic E-state index is 0.209. The maximum absolute atomic E-state index is 11.6. The highest BCUT2D eigenvalue weighted by atomic mass is 79.9. The number of likely N-dealkylation sites (tertiary alicyclic amines) is 1. The molecular weight excluding hydrogens is 310 g/mol. The molecule has 2 unspecified atom stereocenters. The van der Waals surface area contributed by atoms with Crippen LogP contribution in [0, 0.1) is 0 Å². The molecule has 1 aliphatic heterocycles. The molecule has 1 aromatic rings. The van der Waals surface area contributed by atoms with Crippen LogP contribution in [0.1, 0.15) is 24.5 Å². The Bertz CT molecular complexity index is 452. The highest BCUT2D eigenvalue weighted by Gasteiger charge is 2.32. The number of β-amino-alcohol motifs (C(OH)–C–C–N with tert-alkyl or cyclic N) is 1. The van der Waals surface area contributed by atoms with Gasteiger partial charge in [-0.25, -0.2) is 0 Å². The van der Waals surface area contributed by atoms with E-state index in [1.807, 2.05) is 29.2 Å². The lowest BCUT2D eigenvalue weighted by Crippen LogP contribution is -2.39. The zero-order chi connectivity index (χ0) is 13.8. The van der Waals surface area contributed by atoms with E-state index in [-0.39, 0.29) is 12.0 Å². The lowest BCUT2D eigenvalue weighted by Gasteiger charge is -2.25. The number of nitrogens with zero attached hydrogens (tertiary/aromatic N) is 1. The fourth-order valence-electron chi connectivity index (χ4n) is 2.49. The van der Waals surface area contributed by atoms with Gasteiger partial charge in [-0.05, 0) is 37.1 Å². The van der Waals surface area contributed by atoms with Crippen LogP contribution in [0.5, 0.6) is 0 Å². The molecule has 1 heterocycles. The van der Waals surface area contributed by atoms with Crippen molar-refractivity contribution in [2.75, 3.05) is 20.2 Å². The molecule has 0 aromatic heterocycles. The van der Waals surface area contributed by atoms with Crippen LogP contribution in [0.25, 0.3) is 0 Å². The Morgan fingerprint density at radius 2 is 2.42 bits per heavy atom. The van der Waals surface area contributed by atoms with Gasteiger partial charge in [0.2, 0.25) is 0 Å². The SMILES string of the molecule is COC(=O)C1CCCN1CC(O)c1cccc(Br)c1. The summed E-state index contributed by atoms with van der Waals surface area (Å²) >= 11 is 3.39. The first-order valence-corrected chi connectivity index (χ1v) is 7.16. The molecule has 0 saturated carbocycles. The number of methoxy groups -OCH3 is 1. The van der Waals surface area contributed by atoms with Crippen molar-refractivity contribution in [3.63, 3.8) is 0 Å². The Hall–Kier alpha value is -0.910. The summed E-state index contributed by atoms with van der Waals surface area (Å²) in [6, 6.07) is 7.38. The molecule has 104 valence electrons. The van der Waals surface area contributed by atoms with Crippen molar-refractivity contribution in [3.05, 3.63) is 34.3 Å². The lowest BCUT2D eigenvalue weighted by molar-refractivity contribution is -0.146. The third kappa shape index (κ3) is 3.55. The fraction of sp³-hybridized carbons (Fsp3) is 0.500. The predicted molar refractivity (Wildman–Crippen MR) is 75.7 cm³/mol. The first kappa shape index (κ1) is 14.5. The highest BCUT2D eigenvalue weighted by Crippen LogP contribution is 2.24. The maximum Gasteiger partial charge on any atom is 0.323 e. The molecule has 1 aromatic carbocycles. The average Bonchev–Trinajstić information content (AvgIpc) is 2.86. The number of aliphatic hydroxyl groups excluding tert-OH is 1. The summed E-state index contributed by atoms with van der Waals surface area (Å²) in [4.78, 5) is 13.6. The van der Waals surface area contributed by atoms with E-state index in [9.17, 15) is 9.90 Å². The molecule has 0 bridgehead atoms. The number of hydrogen-bond donors (Lipinski definition) is 1. The van der Waals surface area contributed by atoms with Gasteiger partial charge in [-0.3, -0.25) is 9.69 Å². The smallest absolute Gasteiger partial charge is 0.323 e. The highest BCUT2D eigenvalue weighted by molar-refractivity contribution is 9.10. The number of halogens is 1. The molecule has 4 nitrogen and oxygen atoms in total. The van der Waals surface area contributed by atoms with Gasteiger partial charge in [0.1, 0.15) is 6.04 Å². The largest absolute Gasteiger partial charge is 0.468 e. The molecule has 0 radical (unpaired) electrons. The van der Waals surface area contributed by atoms with Crippen molar-refractivity contribution in [1.82, 2.24) is 4.90 Å². The van der Waals surface area contributed by atoms with Gasteiger partial charge in [0.15, 0.2) is 0 Å². The van der Waals surface area contributed by atoms with Crippen LogP contribution < -0.4 is 0 Å². The van der Waals surface area contributed by atoms with Gasteiger partial charge >= 0.3 is 5.97 Å². The van der Waals surface area contributed by atoms with Crippen molar-refractivity contribution in [2.24, 2.45) is 0 Å². The Morgan fingerprint density at radius 1 is 1.63 bits per heavy atom. The van der Waals surface area contributed by atoms with Crippen LogP contribution in [0.2, 0.25) is 0 Å². The number of aliphatic hydroxyl groups is 1. The number of ether oxygens (including phenoxy) is 1. The summed E-state index contributed by atoms with van der Waals surface area (Å²) in [6.45, 7) is 1.28. The number of hydrogen-bond acceptors (Lipinski definition) is 4. The van der Waals surface area contributed by atoms with Crippen molar-refractivity contribution in [3.8, 4) is 0 Å². The molecule has 0 spiro atoms. The molecular formula is C14H18BrNO3. The summed E-state index contributed by atoms with van der Waals surface area (Å²) < 4.78 is 5.74. The molecule has 19 heavy (non-hydrogen) atoms. The van der Waals surface area contributed by atoms with Gasteiger partial charge in [-0.1, -0.05) is 28.1 Å². The van der Waals surface area contributed by atoms with Gasteiger partial charge in [-0.2, -0.15) is 0 Å². The van der Waals surface area contributed by atoms with E-state index in [4.69, 9.17) is 4.74 Å². The van der Waals surface area contributed by atoms with Gasteiger partial charge in [-0.15, -0.1) is 0 Å². The molecule has 1 N–H and O–H groups in total. The van der Waals surface area contributed by atoms with E-state index < -0.39 is 6.10 Å². The number of carbonyl (C=O) groups is 1. The molecule has 2 rings (SSSR count). The minimum atomic E-state index is -0.595. The van der Waals surface area contributed by atoms with E-state index in [0.717, 1.165) is 29.4 Å². The second-order valence-corrected chi connectivity index (χ2v) is 5.66. The van der Waals surface area contributed by atoms with Crippen LogP contribution in [-0.2, 0) is 9.53 Å². The third-order valence-corrected chi connectivity index (χ3v) is 3.97. The Morgan fingerprint density at radius 3 is 3.11 bits per heavy atom. The number of esters is 1. The molecule has 5 heteroatoms. The Labute approximate surface area is 121 Å². The first-order chi connectivity index (χ1) is 9.11. The summed E-state index contributed by atoms with van der Waals surface area (Å²) in [7, 11) is 1.41. The van der Waals surface area contributed by atoms with E-state index in [1.165, 1.54) is 7.11 Å². The molecule has 0 amide bonds. The number of rotatable bonds is 4. The zero-order valence-electron chi connectivity index (χ0n) is 10.9. The predicted octanol–water partition coefficient (Wildman–Crippen LogP) is 2.12. The molecule has 0 aliphatic carbocycles. The Balaban J connectivity index is 2.02. The molecule has 2 atom stereocenters. The van der Waals surface area contributed by atoms with Crippen LogP contribution in [0.4, 0.5) is 0 Å². The standard InChI is InChI=1S/C14H18BrNO3/c1-19-14(18)12-6-3-7-16(12)9-13(17)10-4-2-5-11(15)8-10/h2,4-5,8,12-13,17H,3,6-7,9H2,1H3. The van der Waals surface area contributed by atoms with Crippen LogP contribution in [0.3, 0.4) is 0 Å². The zero-order valence-corrected chi connectivity index (χ0v) is 12.5. The van der Waals surface area contributed by atoms with E-state index >= 15 is 0 Å².